The molecule has 186 valence electrons. The summed E-state index contributed by atoms with van der Waals surface area (Å²) in [6, 6.07) is 22.4. The third-order valence-electron chi connectivity index (χ3n) is 7.50. The van der Waals surface area contributed by atoms with Crippen molar-refractivity contribution in [2.75, 3.05) is 13.1 Å². The lowest BCUT2D eigenvalue weighted by Crippen LogP contribution is -2.39. The van der Waals surface area contributed by atoms with Crippen LogP contribution in [-0.4, -0.2) is 41.3 Å². The van der Waals surface area contributed by atoms with Crippen LogP contribution in [0.25, 0.3) is 10.9 Å². The standard InChI is InChI=1S/C28H27Cl2N3O2S/c29-22-6-1-18(2-7-22)27(19-3-8-23(30)9-4-19)21-5-12-26-25(17-21)28(32-31-26)20-13-15-33(16-14-20)36(34,35)24-10-11-24/h1-9,12,17,20,24,27H,10-11,13-16H2,(H,31,32). The molecule has 2 fully saturated rings. The van der Waals surface area contributed by atoms with Crippen molar-refractivity contribution in [3.63, 3.8) is 0 Å². The summed E-state index contributed by atoms with van der Waals surface area (Å²) >= 11 is 12.4. The molecule has 1 aliphatic heterocycles. The topological polar surface area (TPSA) is 66.1 Å². The molecule has 0 amide bonds. The van der Waals surface area contributed by atoms with Gasteiger partial charge >= 0.3 is 0 Å². The highest BCUT2D eigenvalue weighted by atomic mass is 35.5. The lowest BCUT2D eigenvalue weighted by Gasteiger charge is -2.30. The summed E-state index contributed by atoms with van der Waals surface area (Å²) in [5.74, 6) is 0.237. The number of aromatic nitrogens is 2. The zero-order chi connectivity index (χ0) is 24.9. The Kier molecular flexibility index (Phi) is 6.32. The molecule has 5 nitrogen and oxygen atoms in total. The molecule has 36 heavy (non-hydrogen) atoms. The van der Waals surface area contributed by atoms with E-state index >= 15 is 0 Å². The van der Waals surface area contributed by atoms with Gasteiger partial charge in [-0.3, -0.25) is 5.10 Å². The first kappa shape index (κ1) is 24.0. The van der Waals surface area contributed by atoms with Crippen molar-refractivity contribution in [1.82, 2.24) is 14.5 Å². The number of hydrogen-bond donors (Lipinski definition) is 1. The highest BCUT2D eigenvalue weighted by molar-refractivity contribution is 7.90. The third kappa shape index (κ3) is 4.56. The Morgan fingerprint density at radius 3 is 1.92 bits per heavy atom. The van der Waals surface area contributed by atoms with Gasteiger partial charge in [0.15, 0.2) is 0 Å². The highest BCUT2D eigenvalue weighted by Gasteiger charge is 2.41. The first-order valence-electron chi connectivity index (χ1n) is 12.4. The van der Waals surface area contributed by atoms with Crippen LogP contribution in [0.4, 0.5) is 0 Å². The molecule has 3 aromatic carbocycles. The summed E-state index contributed by atoms with van der Waals surface area (Å²) in [6.45, 7) is 1.13. The van der Waals surface area contributed by atoms with Crippen LogP contribution in [0.2, 0.25) is 10.0 Å². The minimum Gasteiger partial charge on any atom is -0.278 e. The molecule has 1 saturated heterocycles. The third-order valence-corrected chi connectivity index (χ3v) is 10.4. The zero-order valence-corrected chi connectivity index (χ0v) is 22.0. The van der Waals surface area contributed by atoms with Gasteiger partial charge in [0, 0.05) is 40.4 Å². The van der Waals surface area contributed by atoms with Gasteiger partial charge in [-0.2, -0.15) is 5.10 Å². The summed E-state index contributed by atoms with van der Waals surface area (Å²) in [5, 5.41) is 10.3. The second-order valence-electron chi connectivity index (χ2n) is 9.87. The normalized spacial score (nSPS) is 17.8. The van der Waals surface area contributed by atoms with Crippen molar-refractivity contribution in [1.29, 1.82) is 0 Å². The maximum Gasteiger partial charge on any atom is 0.216 e. The number of nitrogens with zero attached hydrogens (tertiary/aromatic N) is 2. The van der Waals surface area contributed by atoms with Crippen LogP contribution in [0, 0.1) is 0 Å². The van der Waals surface area contributed by atoms with Crippen molar-refractivity contribution in [2.45, 2.75) is 42.8 Å². The Morgan fingerprint density at radius 2 is 1.36 bits per heavy atom. The van der Waals surface area contributed by atoms with E-state index in [1.54, 1.807) is 4.31 Å². The van der Waals surface area contributed by atoms with E-state index in [0.717, 1.165) is 59.0 Å². The minimum absolute atomic E-state index is 0.0113. The molecule has 1 aliphatic carbocycles. The van der Waals surface area contributed by atoms with Gasteiger partial charge < -0.3 is 0 Å². The van der Waals surface area contributed by atoms with Crippen molar-refractivity contribution in [3.05, 3.63) is 99.2 Å². The molecule has 1 saturated carbocycles. The fraction of sp³-hybridized carbons (Fsp3) is 0.321. The number of piperidine rings is 1. The number of halogens is 2. The Morgan fingerprint density at radius 1 is 0.806 bits per heavy atom. The Bertz CT molecular complexity index is 1440. The van der Waals surface area contributed by atoms with Gasteiger partial charge in [-0.15, -0.1) is 0 Å². The second kappa shape index (κ2) is 9.49. The minimum atomic E-state index is -3.12. The van der Waals surface area contributed by atoms with Crippen LogP contribution in [-0.2, 0) is 10.0 Å². The van der Waals surface area contributed by atoms with Gasteiger partial charge in [0.25, 0.3) is 0 Å². The van der Waals surface area contributed by atoms with Crippen LogP contribution >= 0.6 is 23.2 Å². The van der Waals surface area contributed by atoms with Crippen LogP contribution in [0.15, 0.2) is 66.7 Å². The van der Waals surface area contributed by atoms with E-state index in [0.29, 0.717) is 23.1 Å². The summed E-state index contributed by atoms with van der Waals surface area (Å²) in [6.07, 6.45) is 3.18. The van der Waals surface area contributed by atoms with E-state index in [1.807, 2.05) is 24.3 Å². The number of aromatic amines is 1. The number of H-pyrrole nitrogens is 1. The molecular formula is C28H27Cl2N3O2S. The van der Waals surface area contributed by atoms with Crippen molar-refractivity contribution in [3.8, 4) is 0 Å². The van der Waals surface area contributed by atoms with E-state index in [-0.39, 0.29) is 17.1 Å². The summed E-state index contributed by atoms with van der Waals surface area (Å²) < 4.78 is 27.0. The largest absolute Gasteiger partial charge is 0.278 e. The molecular weight excluding hydrogens is 513 g/mol. The van der Waals surface area contributed by atoms with Crippen LogP contribution in [0.5, 0.6) is 0 Å². The van der Waals surface area contributed by atoms with Gasteiger partial charge in [-0.05, 0) is 78.8 Å². The molecule has 0 radical (unpaired) electrons. The number of sulfonamides is 1. The molecule has 0 bridgehead atoms. The van der Waals surface area contributed by atoms with Crippen molar-refractivity contribution < 1.29 is 8.42 Å². The lowest BCUT2D eigenvalue weighted by molar-refractivity contribution is 0.317. The quantitative estimate of drug-likeness (QED) is 0.276. The maximum atomic E-state index is 12.7. The Hall–Kier alpha value is -2.38. The van der Waals surface area contributed by atoms with Gasteiger partial charge in [0.2, 0.25) is 10.0 Å². The molecule has 1 N–H and O–H groups in total. The van der Waals surface area contributed by atoms with Gasteiger partial charge in [0.1, 0.15) is 0 Å². The van der Waals surface area contributed by atoms with E-state index in [4.69, 9.17) is 28.3 Å². The van der Waals surface area contributed by atoms with Crippen molar-refractivity contribution in [2.24, 2.45) is 0 Å². The van der Waals surface area contributed by atoms with Crippen LogP contribution in [0.1, 0.15) is 59.9 Å². The summed E-state index contributed by atoms with van der Waals surface area (Å²) in [7, 11) is -3.12. The van der Waals surface area contributed by atoms with E-state index < -0.39 is 10.0 Å². The van der Waals surface area contributed by atoms with E-state index in [9.17, 15) is 8.42 Å². The number of fused-ring (bicyclic) bond motifs is 1. The molecule has 0 unspecified atom stereocenters. The number of rotatable bonds is 6. The fourth-order valence-electron chi connectivity index (χ4n) is 5.39. The molecule has 0 spiro atoms. The predicted molar refractivity (Wildman–Crippen MR) is 145 cm³/mol. The summed E-state index contributed by atoms with van der Waals surface area (Å²) in [4.78, 5) is 0. The lowest BCUT2D eigenvalue weighted by atomic mass is 9.84. The van der Waals surface area contributed by atoms with E-state index in [2.05, 4.69) is 47.6 Å². The monoisotopic (exact) mass is 539 g/mol. The van der Waals surface area contributed by atoms with E-state index in [1.165, 1.54) is 0 Å². The van der Waals surface area contributed by atoms with Gasteiger partial charge in [0.05, 0.1) is 16.5 Å². The van der Waals surface area contributed by atoms with Crippen LogP contribution in [0.3, 0.4) is 0 Å². The average Bonchev–Trinajstić information content (AvgIpc) is 3.67. The molecule has 6 rings (SSSR count). The number of nitrogens with one attached hydrogen (secondary N) is 1. The highest BCUT2D eigenvalue weighted by Crippen LogP contribution is 2.39. The number of benzene rings is 3. The SMILES string of the molecule is O=S(=O)(C1CC1)N1CCC(c2n[nH]c3ccc(C(c4ccc(Cl)cc4)c4ccc(Cl)cc4)cc23)CC1. The maximum absolute atomic E-state index is 12.7. The predicted octanol–water partition coefficient (Wildman–Crippen LogP) is 6.72. The Balaban J connectivity index is 1.34. The van der Waals surface area contributed by atoms with Crippen molar-refractivity contribution >= 4 is 44.1 Å². The molecule has 2 heterocycles. The second-order valence-corrected chi connectivity index (χ2v) is 13.0. The molecule has 0 atom stereocenters. The van der Waals surface area contributed by atoms with Gasteiger partial charge in [-0.1, -0.05) is 53.5 Å². The smallest absolute Gasteiger partial charge is 0.216 e. The van der Waals surface area contributed by atoms with Gasteiger partial charge in [-0.25, -0.2) is 12.7 Å². The number of hydrogen-bond acceptors (Lipinski definition) is 3. The summed E-state index contributed by atoms with van der Waals surface area (Å²) in [5.41, 5.74) is 5.46. The molecule has 1 aromatic heterocycles. The van der Waals surface area contributed by atoms with Crippen LogP contribution < -0.4 is 0 Å². The fourth-order valence-corrected chi connectivity index (χ4v) is 7.52. The average molecular weight is 541 g/mol. The first-order valence-corrected chi connectivity index (χ1v) is 14.6. The first-order chi connectivity index (χ1) is 17.4. The molecule has 8 heteroatoms. The molecule has 2 aliphatic rings. The Labute approximate surface area is 221 Å². The zero-order valence-electron chi connectivity index (χ0n) is 19.7. The molecule has 4 aromatic rings.